The van der Waals surface area contributed by atoms with E-state index in [9.17, 15) is 9.90 Å². The van der Waals surface area contributed by atoms with Gasteiger partial charge in [-0.2, -0.15) is 0 Å². The molecule has 0 radical (unpaired) electrons. The van der Waals surface area contributed by atoms with E-state index in [-0.39, 0.29) is 65.0 Å². The van der Waals surface area contributed by atoms with Gasteiger partial charge >= 0.3 is 59.1 Å². The molecule has 0 aliphatic carbocycles. The summed E-state index contributed by atoms with van der Waals surface area (Å²) in [6, 6.07) is 0. The SMILES string of the molecule is CCCC(CCC)C(=O)[O-].[Na+].[NaH]. The number of hydrogen-bond donors (Lipinski definition) is 0. The molecular weight excluding hydrogens is 174 g/mol. The maximum atomic E-state index is 10.4. The third-order valence-electron chi connectivity index (χ3n) is 1.61. The summed E-state index contributed by atoms with van der Waals surface area (Å²) in [5.74, 6) is -1.10. The van der Waals surface area contributed by atoms with E-state index in [0.717, 1.165) is 25.7 Å². The quantitative estimate of drug-likeness (QED) is 0.443. The topological polar surface area (TPSA) is 40.1 Å². The van der Waals surface area contributed by atoms with Gasteiger partial charge in [-0.05, 0) is 18.8 Å². The summed E-state index contributed by atoms with van der Waals surface area (Å²) in [6.07, 6.45) is 3.38. The van der Waals surface area contributed by atoms with Crippen LogP contribution in [-0.2, 0) is 4.79 Å². The molecule has 0 saturated heterocycles. The molecule has 0 spiro atoms. The van der Waals surface area contributed by atoms with E-state index in [2.05, 4.69) is 0 Å². The fourth-order valence-corrected chi connectivity index (χ4v) is 1.08. The fourth-order valence-electron chi connectivity index (χ4n) is 1.08. The van der Waals surface area contributed by atoms with Crippen molar-refractivity contribution in [3.63, 3.8) is 0 Å². The van der Waals surface area contributed by atoms with Crippen LogP contribution in [0.25, 0.3) is 0 Å². The summed E-state index contributed by atoms with van der Waals surface area (Å²) in [4.78, 5) is 10.4. The molecule has 0 aromatic heterocycles. The standard InChI is InChI=1S/C8H16O2.2Na.H/c1-3-5-7(6-4-2)8(9)10;;;/h7H,3-6H2,1-2H3,(H,9,10);;;/q;;+1;/p-1. The van der Waals surface area contributed by atoms with Crippen molar-refractivity contribution in [2.75, 3.05) is 0 Å². The number of carbonyl (C=O) groups excluding carboxylic acids is 1. The van der Waals surface area contributed by atoms with E-state index in [1.165, 1.54) is 0 Å². The predicted molar refractivity (Wildman–Crippen MR) is 45.5 cm³/mol. The van der Waals surface area contributed by atoms with Crippen molar-refractivity contribution >= 4 is 35.5 Å². The van der Waals surface area contributed by atoms with E-state index in [1.807, 2.05) is 13.8 Å². The average Bonchev–Trinajstić information content (AvgIpc) is 1.87. The van der Waals surface area contributed by atoms with Crippen LogP contribution in [0.2, 0.25) is 0 Å². The number of rotatable bonds is 5. The second kappa shape index (κ2) is 12.5. The molecule has 0 atom stereocenters. The second-order valence-electron chi connectivity index (χ2n) is 2.59. The minimum atomic E-state index is -0.885. The average molecular weight is 190 g/mol. The van der Waals surface area contributed by atoms with Gasteiger partial charge in [-0.15, -0.1) is 0 Å². The van der Waals surface area contributed by atoms with E-state index < -0.39 is 5.97 Å². The number of hydrogen-bond acceptors (Lipinski definition) is 2. The molecule has 0 aliphatic heterocycles. The Hall–Kier alpha value is 1.47. The van der Waals surface area contributed by atoms with Gasteiger partial charge in [0.05, 0.1) is 0 Å². The Bertz CT molecular complexity index is 101. The molecule has 0 aromatic rings. The van der Waals surface area contributed by atoms with Gasteiger partial charge in [0.1, 0.15) is 0 Å². The zero-order valence-corrected chi connectivity index (χ0v) is 9.72. The van der Waals surface area contributed by atoms with Crippen LogP contribution in [0.3, 0.4) is 0 Å². The van der Waals surface area contributed by atoms with Gasteiger partial charge in [0.15, 0.2) is 0 Å². The fraction of sp³-hybridized carbons (Fsp3) is 0.875. The van der Waals surface area contributed by atoms with Crippen LogP contribution in [0.4, 0.5) is 0 Å². The third-order valence-corrected chi connectivity index (χ3v) is 1.61. The van der Waals surface area contributed by atoms with Crippen molar-refractivity contribution < 1.29 is 39.5 Å². The van der Waals surface area contributed by atoms with Crippen molar-refractivity contribution in [3.05, 3.63) is 0 Å². The van der Waals surface area contributed by atoms with Crippen LogP contribution in [0.5, 0.6) is 0 Å². The van der Waals surface area contributed by atoms with Crippen LogP contribution in [0.15, 0.2) is 0 Å². The molecule has 0 fully saturated rings. The molecule has 0 saturated carbocycles. The molecule has 0 aromatic carbocycles. The Morgan fingerprint density at radius 3 is 1.75 bits per heavy atom. The normalized spacial score (nSPS) is 8.58. The molecule has 62 valence electrons. The Labute approximate surface area is 119 Å². The Balaban J connectivity index is -0.000000405. The van der Waals surface area contributed by atoms with Crippen LogP contribution in [-0.4, -0.2) is 35.5 Å². The molecule has 0 rings (SSSR count). The van der Waals surface area contributed by atoms with Crippen LogP contribution in [0.1, 0.15) is 39.5 Å². The first-order chi connectivity index (χ1) is 4.72. The predicted octanol–water partition coefficient (Wildman–Crippen LogP) is -2.69. The molecule has 0 bridgehead atoms. The van der Waals surface area contributed by atoms with Crippen molar-refractivity contribution in [2.45, 2.75) is 39.5 Å². The summed E-state index contributed by atoms with van der Waals surface area (Å²) >= 11 is 0. The van der Waals surface area contributed by atoms with Crippen LogP contribution < -0.4 is 34.7 Å². The summed E-state index contributed by atoms with van der Waals surface area (Å²) in [5, 5.41) is 10.4. The van der Waals surface area contributed by atoms with Gasteiger partial charge in [0.2, 0.25) is 0 Å². The van der Waals surface area contributed by atoms with Crippen molar-refractivity contribution in [1.29, 1.82) is 0 Å². The molecular formula is C8H16Na2O2. The summed E-state index contributed by atoms with van der Waals surface area (Å²) in [7, 11) is 0. The van der Waals surface area contributed by atoms with Gasteiger partial charge < -0.3 is 9.90 Å². The number of carboxylic acids is 1. The van der Waals surface area contributed by atoms with E-state index in [4.69, 9.17) is 0 Å². The van der Waals surface area contributed by atoms with Crippen LogP contribution in [0, 0.1) is 5.92 Å². The first kappa shape index (κ1) is 19.1. The number of carboxylic acid groups (broad SMARTS) is 1. The van der Waals surface area contributed by atoms with E-state index in [1.54, 1.807) is 0 Å². The monoisotopic (exact) mass is 190 g/mol. The van der Waals surface area contributed by atoms with Crippen molar-refractivity contribution in [3.8, 4) is 0 Å². The second-order valence-corrected chi connectivity index (χ2v) is 2.59. The van der Waals surface area contributed by atoms with Gasteiger partial charge in [-0.3, -0.25) is 0 Å². The third kappa shape index (κ3) is 9.56. The van der Waals surface area contributed by atoms with E-state index in [0.29, 0.717) is 0 Å². The Morgan fingerprint density at radius 1 is 1.25 bits per heavy atom. The molecule has 4 heteroatoms. The maximum absolute atomic E-state index is 10.4. The molecule has 0 heterocycles. The summed E-state index contributed by atoms with van der Waals surface area (Å²) in [6.45, 7) is 3.98. The minimum absolute atomic E-state index is 0. The zero-order chi connectivity index (χ0) is 7.98. The molecule has 0 unspecified atom stereocenters. The van der Waals surface area contributed by atoms with Gasteiger partial charge in [0, 0.05) is 5.97 Å². The van der Waals surface area contributed by atoms with Crippen LogP contribution >= 0.6 is 0 Å². The van der Waals surface area contributed by atoms with Crippen molar-refractivity contribution in [2.24, 2.45) is 5.92 Å². The molecule has 12 heavy (non-hydrogen) atoms. The van der Waals surface area contributed by atoms with Gasteiger partial charge in [-0.1, -0.05) is 26.7 Å². The first-order valence-corrected chi connectivity index (χ1v) is 3.93. The zero-order valence-electron chi connectivity index (χ0n) is 7.72. The number of carbonyl (C=O) groups is 1. The molecule has 2 nitrogen and oxygen atoms in total. The molecule has 0 amide bonds. The first-order valence-electron chi connectivity index (χ1n) is 3.93. The number of aliphatic carboxylic acids is 1. The van der Waals surface area contributed by atoms with Crippen molar-refractivity contribution in [1.82, 2.24) is 0 Å². The summed E-state index contributed by atoms with van der Waals surface area (Å²) in [5.41, 5.74) is 0. The summed E-state index contributed by atoms with van der Waals surface area (Å²) < 4.78 is 0. The molecule has 0 aliphatic rings. The van der Waals surface area contributed by atoms with E-state index >= 15 is 0 Å². The van der Waals surface area contributed by atoms with Gasteiger partial charge in [0.25, 0.3) is 0 Å². The Morgan fingerprint density at radius 2 is 1.58 bits per heavy atom. The Kier molecular flexibility index (Phi) is 19.9. The van der Waals surface area contributed by atoms with Gasteiger partial charge in [-0.25, -0.2) is 0 Å². The molecule has 0 N–H and O–H groups in total.